The summed E-state index contributed by atoms with van der Waals surface area (Å²) in [5.41, 5.74) is 3.53. The van der Waals surface area contributed by atoms with E-state index in [0.717, 1.165) is 23.0 Å². The Hall–Kier alpha value is -2.84. The van der Waals surface area contributed by atoms with Gasteiger partial charge < -0.3 is 4.79 Å². The van der Waals surface area contributed by atoms with E-state index in [0.29, 0.717) is 23.1 Å². The summed E-state index contributed by atoms with van der Waals surface area (Å²) < 4.78 is 6.49. The molecule has 0 bridgehead atoms. The van der Waals surface area contributed by atoms with E-state index in [9.17, 15) is 14.7 Å². The van der Waals surface area contributed by atoms with Gasteiger partial charge in [-0.15, -0.1) is 0 Å². The van der Waals surface area contributed by atoms with Crippen LogP contribution in [0.25, 0.3) is 11.1 Å². The minimum absolute atomic E-state index is 0.240. The molecule has 0 aliphatic carbocycles. The van der Waals surface area contributed by atoms with Crippen LogP contribution in [0.2, 0.25) is 0 Å². The molecule has 5 heteroatoms. The number of aldehydes is 1. The third kappa shape index (κ3) is 6.10. The molecule has 3 aromatic carbocycles. The van der Waals surface area contributed by atoms with Crippen molar-refractivity contribution in [2.24, 2.45) is 0 Å². The molecule has 0 saturated carbocycles. The summed E-state index contributed by atoms with van der Waals surface area (Å²) in [7, 11) is 0. The first-order valence-corrected chi connectivity index (χ1v) is 9.76. The molecule has 0 aliphatic heterocycles. The van der Waals surface area contributed by atoms with Gasteiger partial charge in [-0.05, 0) is 0 Å². The average Bonchev–Trinajstić information content (AvgIpc) is 2.74. The van der Waals surface area contributed by atoms with Gasteiger partial charge in [0.2, 0.25) is 0 Å². The van der Waals surface area contributed by atoms with Gasteiger partial charge in [0.25, 0.3) is 0 Å². The third-order valence-electron chi connectivity index (χ3n) is 3.86. The number of carbonyl (C=O) groups is 2. The molecular weight excluding hydrogens is 415 g/mol. The number of rotatable bonds is 6. The average molecular weight is 436 g/mol. The van der Waals surface area contributed by atoms with Crippen molar-refractivity contribution in [2.45, 2.75) is 20.0 Å². The van der Waals surface area contributed by atoms with Gasteiger partial charge in [-0.2, -0.15) is 0 Å². The van der Waals surface area contributed by atoms with Gasteiger partial charge >= 0.3 is 149 Å². The fourth-order valence-corrected chi connectivity index (χ4v) is 2.98. The summed E-state index contributed by atoms with van der Waals surface area (Å²) in [4.78, 5) is 20.4. The van der Waals surface area contributed by atoms with Crippen LogP contribution >= 0.6 is 0 Å². The molecule has 3 aromatic rings. The van der Waals surface area contributed by atoms with E-state index in [-0.39, 0.29) is 5.56 Å². The van der Waals surface area contributed by atoms with Crippen LogP contribution in [-0.4, -0.2) is 34.2 Å². The van der Waals surface area contributed by atoms with Gasteiger partial charge in [0.1, 0.15) is 6.29 Å². The predicted molar refractivity (Wildman–Crippen MR) is 111 cm³/mol. The molecule has 2 radical (unpaired) electrons. The van der Waals surface area contributed by atoms with Crippen molar-refractivity contribution in [1.29, 1.82) is 0 Å². The van der Waals surface area contributed by atoms with Crippen LogP contribution in [0.1, 0.15) is 29.3 Å². The molecule has 0 spiro atoms. The zero-order valence-corrected chi connectivity index (χ0v) is 17.4. The van der Waals surface area contributed by atoms with Crippen molar-refractivity contribution >= 4 is 33.5 Å². The molecule has 0 amide bonds. The summed E-state index contributed by atoms with van der Waals surface area (Å²) in [5.74, 6) is -0.411. The maximum absolute atomic E-state index is 11.2. The fourth-order valence-electron chi connectivity index (χ4n) is 2.48. The van der Waals surface area contributed by atoms with Gasteiger partial charge in [-0.25, -0.2) is 0 Å². The molecule has 0 aromatic heterocycles. The van der Waals surface area contributed by atoms with Gasteiger partial charge in [-0.3, -0.25) is 0 Å². The van der Waals surface area contributed by atoms with Crippen molar-refractivity contribution in [3.05, 3.63) is 83.9 Å². The molecular formula is C23H21AsO4. The second-order valence-electron chi connectivity index (χ2n) is 5.87. The number of hydrogen-bond donors (Lipinski definition) is 1. The number of carboxylic acids is 1. The summed E-state index contributed by atoms with van der Waals surface area (Å²) in [5, 5.41) is 9.20. The Kier molecular flexibility index (Phi) is 8.51. The zero-order valence-electron chi connectivity index (χ0n) is 15.5. The molecule has 0 atom stereocenters. The molecule has 142 valence electrons. The van der Waals surface area contributed by atoms with Crippen LogP contribution in [0.5, 0.6) is 5.75 Å². The van der Waals surface area contributed by atoms with Crippen molar-refractivity contribution in [1.82, 2.24) is 0 Å². The van der Waals surface area contributed by atoms with Crippen LogP contribution in [0.4, 0.5) is 0 Å². The predicted octanol–water partition coefficient (Wildman–Crippen LogP) is 4.02. The molecule has 1 N–H and O–H groups in total. The fraction of sp³-hybridized carbons (Fsp3) is 0.130. The molecule has 0 saturated heterocycles. The summed E-state index contributed by atoms with van der Waals surface area (Å²) in [6.07, 6.45) is 1.51. The topological polar surface area (TPSA) is 63.6 Å². The van der Waals surface area contributed by atoms with Crippen molar-refractivity contribution in [3.63, 3.8) is 0 Å². The standard InChI is InChI=1S/C20H15AsO3.C3H6O/c21-19-11-10-16(12-18(19)20(22)23)24-13-15-8-4-5-9-17(15)14-6-2-1-3-7-14;1-2-3-4/h1-12H,13H2,(H,22,23);3H,2H2,1H3. The second-order valence-corrected chi connectivity index (χ2v) is 6.88. The van der Waals surface area contributed by atoms with Gasteiger partial charge in [0, 0.05) is 6.42 Å². The van der Waals surface area contributed by atoms with Crippen LogP contribution in [0, 0.1) is 0 Å². The van der Waals surface area contributed by atoms with Crippen LogP contribution in [0.3, 0.4) is 0 Å². The summed E-state index contributed by atoms with van der Waals surface area (Å²) in [6, 6.07) is 23.2. The van der Waals surface area contributed by atoms with E-state index in [1.165, 1.54) is 0 Å². The first-order valence-electron chi connectivity index (χ1n) is 8.82. The zero-order chi connectivity index (χ0) is 20.4. The minimum atomic E-state index is -0.958. The summed E-state index contributed by atoms with van der Waals surface area (Å²) in [6.45, 7) is 2.19. The Balaban J connectivity index is 0.000000640. The molecule has 0 aliphatic rings. The van der Waals surface area contributed by atoms with E-state index < -0.39 is 5.97 Å². The molecule has 28 heavy (non-hydrogen) atoms. The van der Waals surface area contributed by atoms with Crippen molar-refractivity contribution in [3.8, 4) is 16.9 Å². The van der Waals surface area contributed by atoms with E-state index in [1.807, 2.05) is 43.3 Å². The van der Waals surface area contributed by atoms with Gasteiger partial charge in [0.15, 0.2) is 0 Å². The van der Waals surface area contributed by atoms with Crippen molar-refractivity contribution in [2.75, 3.05) is 0 Å². The van der Waals surface area contributed by atoms with Crippen LogP contribution in [-0.2, 0) is 11.4 Å². The molecule has 0 heterocycles. The SMILES string of the molecule is CCC=O.O=C(O)c1cc(OCc2ccccc2-c2ccccc2)ccc1[As]. The van der Waals surface area contributed by atoms with E-state index >= 15 is 0 Å². The first-order chi connectivity index (χ1) is 13.6. The first kappa shape index (κ1) is 21.5. The van der Waals surface area contributed by atoms with Crippen molar-refractivity contribution < 1.29 is 19.4 Å². The number of carboxylic acid groups (broad SMARTS) is 1. The maximum atomic E-state index is 11.2. The number of hydrogen-bond acceptors (Lipinski definition) is 3. The Bertz CT molecular complexity index is 923. The summed E-state index contributed by atoms with van der Waals surface area (Å²) >= 11 is 2.26. The molecule has 3 rings (SSSR count). The van der Waals surface area contributed by atoms with E-state index in [1.54, 1.807) is 18.2 Å². The Morgan fingerprint density at radius 1 is 1.04 bits per heavy atom. The second kappa shape index (κ2) is 11.1. The Labute approximate surface area is 173 Å². The van der Waals surface area contributed by atoms with E-state index in [2.05, 4.69) is 35.1 Å². The monoisotopic (exact) mass is 436 g/mol. The Morgan fingerprint density at radius 2 is 1.68 bits per heavy atom. The Morgan fingerprint density at radius 3 is 2.32 bits per heavy atom. The number of ether oxygens (including phenoxy) is 1. The van der Waals surface area contributed by atoms with Crippen LogP contribution < -0.4 is 9.09 Å². The molecule has 4 nitrogen and oxygen atoms in total. The van der Waals surface area contributed by atoms with Gasteiger partial charge in [0.05, 0.1) is 0 Å². The normalized spacial score (nSPS) is 9.79. The number of aromatic carboxylic acids is 1. The number of carbonyl (C=O) groups excluding carboxylic acids is 1. The third-order valence-corrected chi connectivity index (χ3v) is 4.68. The molecule has 0 unspecified atom stereocenters. The number of benzene rings is 3. The van der Waals surface area contributed by atoms with Gasteiger partial charge in [-0.1, -0.05) is 6.92 Å². The quantitative estimate of drug-likeness (QED) is 0.469. The van der Waals surface area contributed by atoms with E-state index in [4.69, 9.17) is 4.74 Å². The molecule has 0 fully saturated rings. The van der Waals surface area contributed by atoms with Crippen LogP contribution in [0.15, 0.2) is 72.8 Å².